The van der Waals surface area contributed by atoms with Crippen LogP contribution in [0.3, 0.4) is 0 Å². The van der Waals surface area contributed by atoms with Gasteiger partial charge in [-0.3, -0.25) is 0 Å². The molecular formula is C7H16S2. The van der Waals surface area contributed by atoms with Crippen molar-refractivity contribution in [3.05, 3.63) is 0 Å². The van der Waals surface area contributed by atoms with Crippen molar-refractivity contribution < 1.29 is 0 Å². The van der Waals surface area contributed by atoms with Crippen LogP contribution >= 0.6 is 21.6 Å². The molecule has 0 aromatic heterocycles. The molecule has 0 aliphatic rings. The summed E-state index contributed by atoms with van der Waals surface area (Å²) in [6.07, 6.45) is 3.44. The molecule has 2 atom stereocenters. The summed E-state index contributed by atoms with van der Waals surface area (Å²) in [5, 5.41) is 0.810. The maximum atomic E-state index is 2.31. The summed E-state index contributed by atoms with van der Waals surface area (Å²) in [6, 6.07) is 0. The Morgan fingerprint density at radius 1 is 1.33 bits per heavy atom. The van der Waals surface area contributed by atoms with E-state index in [2.05, 4.69) is 27.0 Å². The Kier molecular flexibility index (Phi) is 5.91. The third-order valence-electron chi connectivity index (χ3n) is 1.69. The molecule has 0 nitrogen and oxygen atoms in total. The van der Waals surface area contributed by atoms with Crippen molar-refractivity contribution in [1.82, 2.24) is 0 Å². The van der Waals surface area contributed by atoms with Crippen LogP contribution in [0.1, 0.15) is 27.2 Å². The zero-order chi connectivity index (χ0) is 7.28. The molecular weight excluding hydrogens is 148 g/mol. The van der Waals surface area contributed by atoms with Crippen LogP contribution in [0.5, 0.6) is 0 Å². The molecule has 0 heterocycles. The summed E-state index contributed by atoms with van der Waals surface area (Å²) in [5.41, 5.74) is 0. The quantitative estimate of drug-likeness (QED) is 0.584. The van der Waals surface area contributed by atoms with Crippen LogP contribution in [0.25, 0.3) is 0 Å². The number of rotatable bonds is 4. The molecule has 1 unspecified atom stereocenters. The highest BCUT2D eigenvalue weighted by atomic mass is 33.1. The Morgan fingerprint density at radius 2 is 1.89 bits per heavy atom. The van der Waals surface area contributed by atoms with Crippen molar-refractivity contribution in [2.45, 2.75) is 32.4 Å². The van der Waals surface area contributed by atoms with Crippen molar-refractivity contribution in [2.75, 3.05) is 6.26 Å². The van der Waals surface area contributed by atoms with Crippen LogP contribution in [0.15, 0.2) is 0 Å². The van der Waals surface area contributed by atoms with Crippen molar-refractivity contribution in [1.29, 1.82) is 0 Å². The van der Waals surface area contributed by atoms with Crippen molar-refractivity contribution >= 4 is 21.6 Å². The van der Waals surface area contributed by atoms with Crippen molar-refractivity contribution in [3.63, 3.8) is 0 Å². The van der Waals surface area contributed by atoms with Crippen LogP contribution < -0.4 is 0 Å². The van der Waals surface area contributed by atoms with E-state index in [1.807, 2.05) is 21.6 Å². The van der Waals surface area contributed by atoms with E-state index < -0.39 is 0 Å². The molecule has 2 heteroatoms. The Morgan fingerprint density at radius 3 is 2.22 bits per heavy atom. The topological polar surface area (TPSA) is 0 Å². The highest BCUT2D eigenvalue weighted by Gasteiger charge is 2.08. The van der Waals surface area contributed by atoms with Crippen LogP contribution in [-0.4, -0.2) is 11.5 Å². The molecule has 0 bridgehead atoms. The highest BCUT2D eigenvalue weighted by molar-refractivity contribution is 8.76. The van der Waals surface area contributed by atoms with Gasteiger partial charge in [-0.25, -0.2) is 0 Å². The predicted molar refractivity (Wildman–Crippen MR) is 50.0 cm³/mol. The van der Waals surface area contributed by atoms with Gasteiger partial charge < -0.3 is 0 Å². The minimum atomic E-state index is 0.810. The summed E-state index contributed by atoms with van der Waals surface area (Å²) in [4.78, 5) is 0. The van der Waals surface area contributed by atoms with E-state index in [4.69, 9.17) is 0 Å². The zero-order valence-electron chi connectivity index (χ0n) is 6.68. The lowest BCUT2D eigenvalue weighted by Crippen LogP contribution is -2.06. The second kappa shape index (κ2) is 5.48. The molecule has 0 aliphatic heterocycles. The van der Waals surface area contributed by atoms with E-state index in [0.29, 0.717) is 0 Å². The first-order valence-electron chi connectivity index (χ1n) is 3.41. The molecule has 0 N–H and O–H groups in total. The van der Waals surface area contributed by atoms with Gasteiger partial charge in [0.05, 0.1) is 0 Å². The minimum absolute atomic E-state index is 0.810. The summed E-state index contributed by atoms with van der Waals surface area (Å²) < 4.78 is 0. The largest absolute Gasteiger partial charge is 0.0973 e. The fourth-order valence-corrected chi connectivity index (χ4v) is 2.74. The van der Waals surface area contributed by atoms with E-state index in [1.54, 1.807) is 0 Å². The maximum Gasteiger partial charge on any atom is 0.0148 e. The van der Waals surface area contributed by atoms with Gasteiger partial charge in [-0.1, -0.05) is 48.8 Å². The first kappa shape index (κ1) is 9.70. The third-order valence-corrected chi connectivity index (χ3v) is 4.14. The summed E-state index contributed by atoms with van der Waals surface area (Å²) >= 11 is 0. The fourth-order valence-electron chi connectivity index (χ4n) is 0.579. The highest BCUT2D eigenvalue weighted by Crippen LogP contribution is 2.29. The molecule has 0 saturated carbocycles. The van der Waals surface area contributed by atoms with E-state index in [-0.39, 0.29) is 0 Å². The Bertz CT molecular complexity index is 63.9. The lowest BCUT2D eigenvalue weighted by atomic mass is 10.1. The van der Waals surface area contributed by atoms with Gasteiger partial charge in [0, 0.05) is 5.25 Å². The maximum absolute atomic E-state index is 2.31. The summed E-state index contributed by atoms with van der Waals surface area (Å²) in [7, 11) is 3.85. The average molecular weight is 164 g/mol. The molecule has 0 amide bonds. The SMILES string of the molecule is CCC(C)[C@@H](C)SSC. The normalized spacial score (nSPS) is 17.3. The summed E-state index contributed by atoms with van der Waals surface area (Å²) in [5.74, 6) is 0.863. The second-order valence-corrected chi connectivity index (χ2v) is 5.20. The lowest BCUT2D eigenvalue weighted by Gasteiger charge is -2.15. The molecule has 0 radical (unpaired) electrons. The average Bonchev–Trinajstić information content (AvgIpc) is 1.87. The predicted octanol–water partition coefficient (Wildman–Crippen LogP) is 3.43. The molecule has 0 aliphatic carbocycles. The van der Waals surface area contributed by atoms with Gasteiger partial charge >= 0.3 is 0 Å². The first-order chi connectivity index (χ1) is 4.22. The van der Waals surface area contributed by atoms with Gasteiger partial charge in [0.25, 0.3) is 0 Å². The van der Waals surface area contributed by atoms with Crippen molar-refractivity contribution in [3.8, 4) is 0 Å². The van der Waals surface area contributed by atoms with Gasteiger partial charge in [0.1, 0.15) is 0 Å². The molecule has 56 valence electrons. The van der Waals surface area contributed by atoms with Gasteiger partial charge in [-0.15, -0.1) is 0 Å². The molecule has 0 saturated heterocycles. The van der Waals surface area contributed by atoms with Gasteiger partial charge in [0.15, 0.2) is 0 Å². The third kappa shape index (κ3) is 4.15. The molecule has 9 heavy (non-hydrogen) atoms. The fraction of sp³-hybridized carbons (Fsp3) is 1.00. The zero-order valence-corrected chi connectivity index (χ0v) is 8.31. The molecule has 0 fully saturated rings. The van der Waals surface area contributed by atoms with Gasteiger partial charge in [0.2, 0.25) is 0 Å². The smallest absolute Gasteiger partial charge is 0.0148 e. The van der Waals surface area contributed by atoms with E-state index in [0.717, 1.165) is 11.2 Å². The minimum Gasteiger partial charge on any atom is -0.0973 e. The first-order valence-corrected chi connectivity index (χ1v) is 6.04. The van der Waals surface area contributed by atoms with Crippen LogP contribution in [0, 0.1) is 5.92 Å². The second-order valence-electron chi connectivity index (χ2n) is 2.35. The van der Waals surface area contributed by atoms with Crippen LogP contribution in [0.4, 0.5) is 0 Å². The molecule has 0 rings (SSSR count). The number of hydrogen-bond donors (Lipinski definition) is 0. The molecule has 0 spiro atoms. The van der Waals surface area contributed by atoms with Crippen LogP contribution in [-0.2, 0) is 0 Å². The molecule has 0 aromatic carbocycles. The number of hydrogen-bond acceptors (Lipinski definition) is 2. The van der Waals surface area contributed by atoms with E-state index in [9.17, 15) is 0 Å². The monoisotopic (exact) mass is 164 g/mol. The Labute approximate surface area is 66.6 Å². The van der Waals surface area contributed by atoms with Gasteiger partial charge in [-0.2, -0.15) is 0 Å². The Hall–Kier alpha value is 0.700. The summed E-state index contributed by atoms with van der Waals surface area (Å²) in [6.45, 7) is 6.87. The lowest BCUT2D eigenvalue weighted by molar-refractivity contribution is 0.560. The van der Waals surface area contributed by atoms with Crippen LogP contribution in [0.2, 0.25) is 0 Å². The molecule has 0 aromatic rings. The van der Waals surface area contributed by atoms with Crippen molar-refractivity contribution in [2.24, 2.45) is 5.92 Å². The van der Waals surface area contributed by atoms with Gasteiger partial charge in [-0.05, 0) is 12.2 Å². The standard InChI is InChI=1S/C7H16S2/c1-5-6(2)7(3)9-8-4/h6-7H,5H2,1-4H3/t6?,7-/m1/s1. The Balaban J connectivity index is 3.32. The van der Waals surface area contributed by atoms with E-state index in [1.165, 1.54) is 6.42 Å². The van der Waals surface area contributed by atoms with E-state index >= 15 is 0 Å².